The Hall–Kier alpha value is -8.75. The number of nitrogens with one attached hydrogen (secondary N) is 2. The van der Waals surface area contributed by atoms with E-state index in [1.165, 1.54) is 37.3 Å². The summed E-state index contributed by atoms with van der Waals surface area (Å²) in [4.78, 5) is 69.1. The molecule has 1 aliphatic carbocycles. The summed E-state index contributed by atoms with van der Waals surface area (Å²) in [6.45, 7) is 22.5. The average molecular weight is 1770 g/mol. The van der Waals surface area contributed by atoms with Gasteiger partial charge in [0, 0.05) is 159 Å². The molecule has 16 rings (SSSR count). The Morgan fingerprint density at radius 1 is 0.538 bits per heavy atom. The Labute approximate surface area is 720 Å². The Kier molecular flexibility index (Phi) is 28.7. The molecule has 3 aromatic carbocycles. The number of amidine groups is 3. The largest absolute Gasteiger partial charge is 0.409 e. The molecule has 8 aromatic rings. The van der Waals surface area contributed by atoms with Crippen molar-refractivity contribution in [1.29, 1.82) is 0 Å². The van der Waals surface area contributed by atoms with E-state index < -0.39 is 20.1 Å². The number of halogens is 6. The zero-order valence-corrected chi connectivity index (χ0v) is 71.6. The highest BCUT2D eigenvalue weighted by molar-refractivity contribution is 7.89. The van der Waals surface area contributed by atoms with Crippen LogP contribution in [0, 0.1) is 20.2 Å². The Morgan fingerprint density at radius 2 is 0.933 bits per heavy atom. The third-order valence-corrected chi connectivity index (χ3v) is 26.0. The molecule has 5 aromatic heterocycles. The molecule has 1 saturated carbocycles. The number of aromatic nitrogens is 7. The highest BCUT2D eigenvalue weighted by Crippen LogP contribution is 2.38. The van der Waals surface area contributed by atoms with Gasteiger partial charge in [-0.1, -0.05) is 124 Å². The molecule has 0 amide bonds. The van der Waals surface area contributed by atoms with Gasteiger partial charge in [0.2, 0.25) is 24.4 Å². The lowest BCUT2D eigenvalue weighted by Crippen LogP contribution is -2.58. The molecule has 119 heavy (non-hydrogen) atoms. The van der Waals surface area contributed by atoms with Crippen LogP contribution in [0.1, 0.15) is 114 Å². The summed E-state index contributed by atoms with van der Waals surface area (Å²) in [5, 5.41) is 48.4. The fourth-order valence-electron chi connectivity index (χ4n) is 17.3. The van der Waals surface area contributed by atoms with Gasteiger partial charge in [0.25, 0.3) is 11.4 Å². The second kappa shape index (κ2) is 39.4. The number of nitrogens with two attached hydrogens (primary N) is 1. The Bertz CT molecular complexity index is 5080. The Morgan fingerprint density at radius 3 is 1.30 bits per heavy atom. The van der Waals surface area contributed by atoms with Crippen molar-refractivity contribution in [3.63, 3.8) is 0 Å². The molecule has 3 atom stereocenters. The maximum absolute atomic E-state index is 12.0. The molecule has 634 valence electrons. The number of nitrogens with zero attached hydrogens (tertiary/aromatic N) is 21. The maximum Gasteiger partial charge on any atom is 0.345 e. The SMILES string of the molecule is CC[C@H]1CN(c2ncc(NC3=NS(=O)(=O)NC3=NC3CC3)cc2Cl)CCN1C1CCN(Cc2ccc(Cl)cc2-c2ncon2)CC1.CC[C@H]1CN(c2ncc([N+](=O)[O-])cc2Cl)CCN1C1CCN(Cc2ccc(Cl)cc2-c2ncon2)CC1.CC[C@H]1CN(c2ncc([N+](=O)[O-])cc2Cl)CCN1C1CCN(Cc2ccc(Cl)cc2C(N)=NO)CC1. The minimum Gasteiger partial charge on any atom is -0.409 e. The summed E-state index contributed by atoms with van der Waals surface area (Å²) in [5.74, 6) is 3.52. The first-order valence-corrected chi connectivity index (χ1v) is 44.0. The van der Waals surface area contributed by atoms with Gasteiger partial charge in [-0.05, 0) is 169 Å². The normalized spacial score (nSPS) is 21.5. The van der Waals surface area contributed by atoms with Crippen LogP contribution in [0.3, 0.4) is 0 Å². The maximum atomic E-state index is 12.0. The van der Waals surface area contributed by atoms with Crippen LogP contribution in [-0.4, -0.2) is 246 Å². The van der Waals surface area contributed by atoms with Gasteiger partial charge in [-0.2, -0.15) is 18.4 Å². The first-order valence-electron chi connectivity index (χ1n) is 40.3. The second-order valence-electron chi connectivity index (χ2n) is 31.1. The monoisotopic (exact) mass is 1770 g/mol. The van der Waals surface area contributed by atoms with E-state index in [2.05, 4.69) is 131 Å². The van der Waals surface area contributed by atoms with Crippen molar-refractivity contribution in [1.82, 2.24) is 69.4 Å². The van der Waals surface area contributed by atoms with Gasteiger partial charge in [0.05, 0.1) is 42.8 Å². The van der Waals surface area contributed by atoms with Crippen LogP contribution in [0.5, 0.6) is 0 Å². The predicted octanol–water partition coefficient (Wildman–Crippen LogP) is 13.1. The summed E-state index contributed by atoms with van der Waals surface area (Å²) in [6, 6.07) is 24.5. The quantitative estimate of drug-likeness (QED) is 0.0161. The van der Waals surface area contributed by atoms with E-state index in [0.717, 1.165) is 216 Å². The van der Waals surface area contributed by atoms with E-state index in [-0.39, 0.29) is 34.9 Å². The molecule has 6 saturated heterocycles. The summed E-state index contributed by atoms with van der Waals surface area (Å²) in [6.07, 6.45) is 18.3. The summed E-state index contributed by atoms with van der Waals surface area (Å²) in [7, 11) is -3.81. The number of aliphatic imine (C=N–C) groups is 1. The smallest absolute Gasteiger partial charge is 0.345 e. The molecular weight excluding hydrogens is 1670 g/mol. The first kappa shape index (κ1) is 86.6. The zero-order valence-electron chi connectivity index (χ0n) is 66.2. The van der Waals surface area contributed by atoms with Crippen LogP contribution in [0.25, 0.3) is 22.8 Å². The molecule has 5 N–H and O–H groups in total. The number of hydrogen-bond acceptors (Lipinski definition) is 28. The molecule has 0 unspecified atom stereocenters. The lowest BCUT2D eigenvalue weighted by molar-refractivity contribution is -0.385. The molecular formula is C79H96Cl6N24O9S. The number of pyridine rings is 3. The van der Waals surface area contributed by atoms with Gasteiger partial charge >= 0.3 is 10.2 Å². The van der Waals surface area contributed by atoms with Crippen LogP contribution in [-0.2, 0) is 29.8 Å². The lowest BCUT2D eigenvalue weighted by Gasteiger charge is -2.47. The van der Waals surface area contributed by atoms with E-state index in [9.17, 15) is 28.6 Å². The van der Waals surface area contributed by atoms with Crippen molar-refractivity contribution in [2.45, 2.75) is 153 Å². The molecule has 7 aliphatic heterocycles. The van der Waals surface area contributed by atoms with E-state index in [1.54, 1.807) is 18.3 Å². The molecule has 0 spiro atoms. The van der Waals surface area contributed by atoms with Crippen molar-refractivity contribution in [3.8, 4) is 22.8 Å². The number of oxime groups is 1. The highest BCUT2D eigenvalue weighted by Gasteiger charge is 2.39. The molecule has 8 aliphatic rings. The minimum atomic E-state index is -3.81. The number of rotatable bonds is 22. The number of nitro groups is 2. The van der Waals surface area contributed by atoms with Gasteiger partial charge in [0.1, 0.15) is 29.8 Å². The molecule has 33 nitrogen and oxygen atoms in total. The first-order chi connectivity index (χ1) is 57.5. The average Bonchev–Trinajstić information content (AvgIpc) is 1.76. The topological polar surface area (TPSA) is 373 Å². The van der Waals surface area contributed by atoms with Crippen molar-refractivity contribution >= 4 is 132 Å². The second-order valence-corrected chi connectivity index (χ2v) is 34.9. The van der Waals surface area contributed by atoms with Crippen molar-refractivity contribution in [2.24, 2.45) is 20.3 Å². The molecule has 0 bridgehead atoms. The van der Waals surface area contributed by atoms with E-state index in [4.69, 9.17) is 89.6 Å². The number of anilines is 4. The molecule has 12 heterocycles. The number of piperidine rings is 3. The number of hydrogen-bond donors (Lipinski definition) is 4. The third-order valence-electron chi connectivity index (χ3n) is 23.6. The van der Waals surface area contributed by atoms with Gasteiger partial charge in [-0.15, -0.1) is 4.40 Å². The number of piperazine rings is 3. The summed E-state index contributed by atoms with van der Waals surface area (Å²) in [5.41, 5.74) is 12.0. The fraction of sp³-hybridized carbons (Fsp3) is 0.494. The summed E-state index contributed by atoms with van der Waals surface area (Å²) < 4.78 is 40.2. The van der Waals surface area contributed by atoms with Crippen LogP contribution >= 0.6 is 69.6 Å². The van der Waals surface area contributed by atoms with Crippen molar-refractivity contribution in [3.05, 3.63) is 177 Å². The van der Waals surface area contributed by atoms with E-state index >= 15 is 0 Å². The number of likely N-dealkylation sites (tertiary alicyclic amines) is 3. The van der Waals surface area contributed by atoms with E-state index in [0.29, 0.717) is 107 Å². The van der Waals surface area contributed by atoms with Crippen LogP contribution in [0.2, 0.25) is 30.1 Å². The van der Waals surface area contributed by atoms with Crippen molar-refractivity contribution < 1.29 is 32.5 Å². The van der Waals surface area contributed by atoms with E-state index in [1.807, 2.05) is 42.5 Å². The number of benzene rings is 3. The zero-order chi connectivity index (χ0) is 83.6. The fourth-order valence-corrected chi connectivity index (χ4v) is 19.5. The van der Waals surface area contributed by atoms with Crippen LogP contribution < -0.4 is 30.5 Å². The van der Waals surface area contributed by atoms with Gasteiger partial charge in [0.15, 0.2) is 17.5 Å². The standard InChI is InChI=1S/C30H36Cl2N10O3S.C25H29Cl2N7O3.C24H31Cl2N7O3/c1-2-23-17-41(30-26(32)14-22(15-33-30)36-29-28(35-21-5-6-21)38-46(43,44)39-29)11-12-42(23)24-7-9-40(10-8-24)16-19-3-4-20(31)13-25(19)27-34-18-45-37-27;1-2-19-15-32(25-23(27)12-21(13-28-25)34(35)36)9-10-33(19)20-5-7-31(8-6-20)14-17-3-4-18(26)11-22(17)24-29-16-37-30-24;1-2-18-15-31(24-22(26)12-20(13-28-24)33(35)36)9-10-32(18)19-5-7-30(8-6-19)14-16-3-4-17(25)11-21(16)23(27)29-34/h3-4,13-15,18,21,23-24H,2,5-12,16-17H2,1H3,(H,35,38)(H,36,39);3-4,11-13,16,19-20H,2,5-10,14-15H2,1H3;3-4,11-13,18-19,34H,2,5-10,14-15H2,1H3,(H2,27,29)/t23-;19-;18-/m000/s1. The lowest BCUT2D eigenvalue weighted by atomic mass is 9.97. The highest BCUT2D eigenvalue weighted by atomic mass is 35.5. The van der Waals surface area contributed by atoms with Crippen LogP contribution in [0.4, 0.5) is 34.5 Å². The molecule has 7 fully saturated rings. The minimum absolute atomic E-state index is 0.0636. The van der Waals surface area contributed by atoms with Crippen molar-refractivity contribution in [2.75, 3.05) is 118 Å². The molecule has 0 radical (unpaired) electrons. The predicted molar refractivity (Wildman–Crippen MR) is 462 cm³/mol. The van der Waals surface area contributed by atoms with Gasteiger partial charge in [-0.3, -0.25) is 54.6 Å². The molecule has 40 heteroatoms. The Balaban J connectivity index is 0.000000148. The van der Waals surface area contributed by atoms with Gasteiger partial charge in [-0.25, -0.2) is 19.7 Å². The van der Waals surface area contributed by atoms with Gasteiger partial charge < -0.3 is 40.0 Å². The summed E-state index contributed by atoms with van der Waals surface area (Å²) >= 11 is 38.1. The van der Waals surface area contributed by atoms with Crippen LogP contribution in [0.15, 0.2) is 128 Å². The third kappa shape index (κ3) is 21.6.